The molecule has 7 heteroatoms. The molecule has 0 saturated carbocycles. The molecule has 0 saturated heterocycles. The molecule has 3 rings (SSSR count). The van der Waals surface area contributed by atoms with Crippen molar-refractivity contribution >= 4 is 17.6 Å². The Bertz CT molecular complexity index is 705. The number of esters is 1. The number of carbonyl (C=O) groups excluding carboxylic acids is 1. The minimum Gasteiger partial charge on any atom is -0.486 e. The van der Waals surface area contributed by atoms with Gasteiger partial charge in [-0.1, -0.05) is 16.8 Å². The van der Waals surface area contributed by atoms with Gasteiger partial charge >= 0.3 is 5.97 Å². The molecule has 0 amide bonds. The lowest BCUT2D eigenvalue weighted by Crippen LogP contribution is -2.16. The van der Waals surface area contributed by atoms with Crippen LogP contribution in [-0.4, -0.2) is 24.3 Å². The van der Waals surface area contributed by atoms with Crippen molar-refractivity contribution in [3.63, 3.8) is 0 Å². The monoisotopic (exact) mass is 323 g/mol. The number of fused-ring (bicyclic) bond motifs is 1. The standard InChI is InChI=1S/C15H14ClNO5/c1-8-13(9(2)22-17-8)15(18)21-7-10-5-11(16)14-12(6-10)19-3-4-20-14/h5-6H,3-4,7H2,1-2H3. The molecule has 0 spiro atoms. The maximum atomic E-state index is 12.1. The van der Waals surface area contributed by atoms with Gasteiger partial charge in [0.05, 0.1) is 10.7 Å². The van der Waals surface area contributed by atoms with E-state index in [1.807, 2.05) is 0 Å². The second-order valence-corrected chi connectivity index (χ2v) is 5.28. The molecule has 0 aliphatic carbocycles. The van der Waals surface area contributed by atoms with E-state index in [1.54, 1.807) is 26.0 Å². The third-order valence-corrected chi connectivity index (χ3v) is 3.54. The van der Waals surface area contributed by atoms with E-state index >= 15 is 0 Å². The topological polar surface area (TPSA) is 70.8 Å². The SMILES string of the molecule is Cc1noc(C)c1C(=O)OCc1cc(Cl)c2c(c1)OCCO2. The van der Waals surface area contributed by atoms with Crippen LogP contribution < -0.4 is 9.47 Å². The number of aromatic nitrogens is 1. The van der Waals surface area contributed by atoms with Gasteiger partial charge in [0.15, 0.2) is 11.5 Å². The van der Waals surface area contributed by atoms with Crippen LogP contribution in [0, 0.1) is 13.8 Å². The number of carbonyl (C=O) groups is 1. The summed E-state index contributed by atoms with van der Waals surface area (Å²) in [5.41, 5.74) is 1.57. The van der Waals surface area contributed by atoms with Crippen LogP contribution in [0.2, 0.25) is 5.02 Å². The number of ether oxygens (including phenoxy) is 3. The molecule has 0 unspecified atom stereocenters. The van der Waals surface area contributed by atoms with Crippen LogP contribution in [0.5, 0.6) is 11.5 Å². The molecule has 1 aliphatic heterocycles. The lowest BCUT2D eigenvalue weighted by molar-refractivity contribution is 0.0469. The number of hydrogen-bond donors (Lipinski definition) is 0. The van der Waals surface area contributed by atoms with Crippen molar-refractivity contribution < 1.29 is 23.5 Å². The maximum Gasteiger partial charge on any atom is 0.344 e. The summed E-state index contributed by atoms with van der Waals surface area (Å²) >= 11 is 6.14. The van der Waals surface area contributed by atoms with E-state index < -0.39 is 5.97 Å². The Kier molecular flexibility index (Phi) is 3.94. The third kappa shape index (κ3) is 2.74. The van der Waals surface area contributed by atoms with E-state index in [1.165, 1.54) is 0 Å². The van der Waals surface area contributed by atoms with Gasteiger partial charge in [-0.05, 0) is 31.5 Å². The van der Waals surface area contributed by atoms with Gasteiger partial charge in [-0.3, -0.25) is 0 Å². The lowest BCUT2D eigenvalue weighted by Gasteiger charge is -2.20. The Morgan fingerprint density at radius 1 is 1.32 bits per heavy atom. The molecular weight excluding hydrogens is 310 g/mol. The first kappa shape index (κ1) is 14.7. The highest BCUT2D eigenvalue weighted by Gasteiger charge is 2.20. The number of halogens is 1. The molecular formula is C15H14ClNO5. The maximum absolute atomic E-state index is 12.1. The smallest absolute Gasteiger partial charge is 0.344 e. The minimum atomic E-state index is -0.484. The highest BCUT2D eigenvalue weighted by Crippen LogP contribution is 2.38. The first-order valence-electron chi connectivity index (χ1n) is 6.74. The predicted octanol–water partition coefficient (Wildman–Crippen LogP) is 3.07. The van der Waals surface area contributed by atoms with Crippen molar-refractivity contribution in [1.82, 2.24) is 5.16 Å². The lowest BCUT2D eigenvalue weighted by atomic mass is 10.2. The second kappa shape index (κ2) is 5.88. The quantitative estimate of drug-likeness (QED) is 0.808. The Morgan fingerprint density at radius 3 is 2.82 bits per heavy atom. The summed E-state index contributed by atoms with van der Waals surface area (Å²) in [6.45, 7) is 4.35. The minimum absolute atomic E-state index is 0.0687. The van der Waals surface area contributed by atoms with Gasteiger partial charge in [0.25, 0.3) is 0 Å². The molecule has 1 aromatic carbocycles. The predicted molar refractivity (Wildman–Crippen MR) is 77.5 cm³/mol. The molecule has 6 nitrogen and oxygen atoms in total. The zero-order chi connectivity index (χ0) is 15.7. The summed E-state index contributed by atoms with van der Waals surface area (Å²) < 4.78 is 21.2. The Labute approximate surface area is 131 Å². The molecule has 0 bridgehead atoms. The largest absolute Gasteiger partial charge is 0.486 e. The van der Waals surface area contributed by atoms with Gasteiger partial charge in [0, 0.05) is 0 Å². The average Bonchev–Trinajstić information content (AvgIpc) is 2.84. The number of aryl methyl sites for hydroxylation is 2. The average molecular weight is 324 g/mol. The van der Waals surface area contributed by atoms with Gasteiger partial charge in [-0.15, -0.1) is 0 Å². The van der Waals surface area contributed by atoms with Crippen molar-refractivity contribution in [1.29, 1.82) is 0 Å². The van der Waals surface area contributed by atoms with Gasteiger partial charge in [0.2, 0.25) is 0 Å². The van der Waals surface area contributed by atoms with Gasteiger partial charge in [-0.25, -0.2) is 4.79 Å². The zero-order valence-corrected chi connectivity index (χ0v) is 12.9. The second-order valence-electron chi connectivity index (χ2n) is 4.88. The van der Waals surface area contributed by atoms with Crippen LogP contribution in [0.15, 0.2) is 16.7 Å². The van der Waals surface area contributed by atoms with Crippen molar-refractivity contribution in [3.05, 3.63) is 39.7 Å². The van der Waals surface area contributed by atoms with Gasteiger partial charge in [0.1, 0.15) is 31.1 Å². The van der Waals surface area contributed by atoms with E-state index in [4.69, 9.17) is 30.3 Å². The van der Waals surface area contributed by atoms with Crippen molar-refractivity contribution in [2.75, 3.05) is 13.2 Å². The summed E-state index contributed by atoms with van der Waals surface area (Å²) in [6, 6.07) is 3.44. The molecule has 1 aromatic heterocycles. The van der Waals surface area contributed by atoms with Gasteiger partial charge < -0.3 is 18.7 Å². The molecule has 0 N–H and O–H groups in total. The van der Waals surface area contributed by atoms with Crippen LogP contribution in [0.4, 0.5) is 0 Å². The summed E-state index contributed by atoms with van der Waals surface area (Å²) in [4.78, 5) is 12.1. The summed E-state index contributed by atoms with van der Waals surface area (Å²) in [5.74, 6) is 1.03. The van der Waals surface area contributed by atoms with E-state index in [-0.39, 0.29) is 6.61 Å². The zero-order valence-electron chi connectivity index (χ0n) is 12.1. The number of nitrogens with zero attached hydrogens (tertiary/aromatic N) is 1. The molecule has 0 fully saturated rings. The first-order chi connectivity index (χ1) is 10.6. The summed E-state index contributed by atoms with van der Waals surface area (Å²) in [7, 11) is 0. The first-order valence-corrected chi connectivity index (χ1v) is 7.12. The molecule has 0 radical (unpaired) electrons. The van der Waals surface area contributed by atoms with Crippen LogP contribution in [0.3, 0.4) is 0 Å². The van der Waals surface area contributed by atoms with Crippen LogP contribution in [-0.2, 0) is 11.3 Å². The van der Waals surface area contributed by atoms with E-state index in [2.05, 4.69) is 5.16 Å². The van der Waals surface area contributed by atoms with E-state index in [9.17, 15) is 4.79 Å². The number of hydrogen-bond acceptors (Lipinski definition) is 6. The summed E-state index contributed by atoms with van der Waals surface area (Å²) in [6.07, 6.45) is 0. The van der Waals surface area contributed by atoms with Crippen LogP contribution >= 0.6 is 11.6 Å². The van der Waals surface area contributed by atoms with E-state index in [0.717, 1.165) is 5.56 Å². The number of rotatable bonds is 3. The van der Waals surface area contributed by atoms with Gasteiger partial charge in [-0.2, -0.15) is 0 Å². The normalized spacial score (nSPS) is 13.0. The Balaban J connectivity index is 1.74. The van der Waals surface area contributed by atoms with Crippen molar-refractivity contribution in [3.8, 4) is 11.5 Å². The highest BCUT2D eigenvalue weighted by molar-refractivity contribution is 6.32. The Morgan fingerprint density at radius 2 is 2.09 bits per heavy atom. The molecule has 22 heavy (non-hydrogen) atoms. The third-order valence-electron chi connectivity index (χ3n) is 3.26. The highest BCUT2D eigenvalue weighted by atomic mass is 35.5. The van der Waals surface area contributed by atoms with E-state index in [0.29, 0.717) is 46.8 Å². The molecule has 2 heterocycles. The van der Waals surface area contributed by atoms with Crippen LogP contribution in [0.25, 0.3) is 0 Å². The Hall–Kier alpha value is -2.21. The molecule has 0 atom stereocenters. The molecule has 2 aromatic rings. The summed E-state index contributed by atoms with van der Waals surface area (Å²) in [5, 5.41) is 4.16. The molecule has 1 aliphatic rings. The fraction of sp³-hybridized carbons (Fsp3) is 0.333. The van der Waals surface area contributed by atoms with Crippen molar-refractivity contribution in [2.45, 2.75) is 20.5 Å². The fourth-order valence-electron chi connectivity index (χ4n) is 2.24. The van der Waals surface area contributed by atoms with Crippen LogP contribution in [0.1, 0.15) is 27.4 Å². The number of benzene rings is 1. The fourth-order valence-corrected chi connectivity index (χ4v) is 2.53. The van der Waals surface area contributed by atoms with Crippen molar-refractivity contribution in [2.24, 2.45) is 0 Å². The molecule has 116 valence electrons.